The van der Waals surface area contributed by atoms with Crippen molar-refractivity contribution in [3.8, 4) is 0 Å². The average molecular weight is 291 g/mol. The molecule has 112 valence electrons. The molecule has 1 fully saturated rings. The van der Waals surface area contributed by atoms with Gasteiger partial charge in [-0.3, -0.25) is 0 Å². The number of piperidine rings is 1. The molecule has 3 nitrogen and oxygen atoms in total. The Morgan fingerprint density at radius 1 is 0.864 bits per heavy atom. The quantitative estimate of drug-likeness (QED) is 0.725. The fourth-order valence-corrected chi connectivity index (χ4v) is 3.41. The molecule has 2 heterocycles. The summed E-state index contributed by atoms with van der Waals surface area (Å²) in [4.78, 5) is 7.05. The van der Waals surface area contributed by atoms with E-state index >= 15 is 0 Å². The summed E-state index contributed by atoms with van der Waals surface area (Å²) in [5.74, 6) is 0. The zero-order valence-electron chi connectivity index (χ0n) is 12.8. The Labute approximate surface area is 131 Å². The number of fused-ring (bicyclic) bond motifs is 1. The molecule has 1 saturated heterocycles. The van der Waals surface area contributed by atoms with Crippen molar-refractivity contribution in [2.24, 2.45) is 0 Å². The first-order valence-corrected chi connectivity index (χ1v) is 8.14. The van der Waals surface area contributed by atoms with Crippen LogP contribution in [0.2, 0.25) is 0 Å². The standard InChI is InChI=1S/C19H21N3/c1-6-12-21(13-7-1)18-10-4-2-8-16(18)14-22-15-20-17-9-3-5-11-19(17)22/h2-5,8-11,15H,1,6-7,12-14H2. The lowest BCUT2D eigenvalue weighted by molar-refractivity contribution is 0.575. The Kier molecular flexibility index (Phi) is 3.55. The third-order valence-corrected chi connectivity index (χ3v) is 4.56. The van der Waals surface area contributed by atoms with Crippen molar-refractivity contribution >= 4 is 16.7 Å². The van der Waals surface area contributed by atoms with E-state index < -0.39 is 0 Å². The van der Waals surface area contributed by atoms with Crippen LogP contribution in [0.1, 0.15) is 24.8 Å². The maximum Gasteiger partial charge on any atom is 0.0961 e. The van der Waals surface area contributed by atoms with E-state index in [0.29, 0.717) is 0 Å². The summed E-state index contributed by atoms with van der Waals surface area (Å²) in [5.41, 5.74) is 5.04. The van der Waals surface area contributed by atoms with Crippen LogP contribution in [-0.2, 0) is 6.54 Å². The minimum absolute atomic E-state index is 0.882. The molecule has 3 aromatic rings. The van der Waals surface area contributed by atoms with Gasteiger partial charge in [-0.1, -0.05) is 30.3 Å². The van der Waals surface area contributed by atoms with Crippen LogP contribution in [0.15, 0.2) is 54.9 Å². The second-order valence-corrected chi connectivity index (χ2v) is 6.04. The highest BCUT2D eigenvalue weighted by atomic mass is 15.1. The van der Waals surface area contributed by atoms with Crippen LogP contribution >= 0.6 is 0 Å². The average Bonchev–Trinajstić information content (AvgIpc) is 2.99. The zero-order chi connectivity index (χ0) is 14.8. The Bertz CT molecular complexity index is 769. The van der Waals surface area contributed by atoms with E-state index in [1.54, 1.807) is 0 Å². The first-order chi connectivity index (χ1) is 10.9. The van der Waals surface area contributed by atoms with E-state index in [1.807, 2.05) is 12.4 Å². The van der Waals surface area contributed by atoms with Crippen LogP contribution in [0.5, 0.6) is 0 Å². The third-order valence-electron chi connectivity index (χ3n) is 4.56. The summed E-state index contributed by atoms with van der Waals surface area (Å²) >= 11 is 0. The number of benzene rings is 2. The molecule has 0 saturated carbocycles. The van der Waals surface area contributed by atoms with E-state index in [-0.39, 0.29) is 0 Å². The van der Waals surface area contributed by atoms with Gasteiger partial charge in [0.2, 0.25) is 0 Å². The van der Waals surface area contributed by atoms with Gasteiger partial charge in [-0.25, -0.2) is 4.98 Å². The fourth-order valence-electron chi connectivity index (χ4n) is 3.41. The zero-order valence-corrected chi connectivity index (χ0v) is 12.8. The molecular weight excluding hydrogens is 270 g/mol. The lowest BCUT2D eigenvalue weighted by atomic mass is 10.1. The lowest BCUT2D eigenvalue weighted by Crippen LogP contribution is -2.30. The van der Waals surface area contributed by atoms with Crippen molar-refractivity contribution in [1.29, 1.82) is 0 Å². The molecule has 4 rings (SSSR count). The number of anilines is 1. The molecule has 3 heteroatoms. The molecule has 0 bridgehead atoms. The molecule has 0 radical (unpaired) electrons. The smallest absolute Gasteiger partial charge is 0.0961 e. The summed E-state index contributed by atoms with van der Waals surface area (Å²) in [6, 6.07) is 17.1. The van der Waals surface area contributed by atoms with Gasteiger partial charge in [-0.2, -0.15) is 0 Å². The molecule has 1 aliphatic rings. The number of para-hydroxylation sites is 3. The van der Waals surface area contributed by atoms with Crippen molar-refractivity contribution in [2.75, 3.05) is 18.0 Å². The van der Waals surface area contributed by atoms with E-state index in [9.17, 15) is 0 Å². The first-order valence-electron chi connectivity index (χ1n) is 8.14. The topological polar surface area (TPSA) is 21.1 Å². The monoisotopic (exact) mass is 291 g/mol. The molecule has 1 aromatic heterocycles. The molecule has 0 atom stereocenters. The normalized spacial score (nSPS) is 15.4. The van der Waals surface area contributed by atoms with Gasteiger partial charge in [-0.05, 0) is 43.0 Å². The molecule has 0 unspecified atom stereocenters. The Balaban J connectivity index is 1.68. The van der Waals surface area contributed by atoms with Gasteiger partial charge in [0.15, 0.2) is 0 Å². The summed E-state index contributed by atoms with van der Waals surface area (Å²) < 4.78 is 2.25. The number of imidazole rings is 1. The highest BCUT2D eigenvalue weighted by molar-refractivity contribution is 5.75. The van der Waals surface area contributed by atoms with E-state index in [1.165, 1.54) is 49.1 Å². The predicted molar refractivity (Wildman–Crippen MR) is 91.3 cm³/mol. The van der Waals surface area contributed by atoms with E-state index in [0.717, 1.165) is 12.1 Å². The predicted octanol–water partition coefficient (Wildman–Crippen LogP) is 4.07. The maximum atomic E-state index is 4.51. The van der Waals surface area contributed by atoms with Gasteiger partial charge < -0.3 is 9.47 Å². The summed E-state index contributed by atoms with van der Waals surface area (Å²) in [6.07, 6.45) is 5.94. The summed E-state index contributed by atoms with van der Waals surface area (Å²) in [7, 11) is 0. The fraction of sp³-hybridized carbons (Fsp3) is 0.316. The SMILES string of the molecule is c1ccc(N2CCCCC2)c(Cn2cnc3ccccc32)c1. The van der Waals surface area contributed by atoms with Crippen LogP contribution in [0.25, 0.3) is 11.0 Å². The van der Waals surface area contributed by atoms with Crippen molar-refractivity contribution in [3.05, 3.63) is 60.4 Å². The van der Waals surface area contributed by atoms with Crippen LogP contribution in [0, 0.1) is 0 Å². The molecule has 0 aliphatic carbocycles. The third kappa shape index (κ3) is 2.47. The second kappa shape index (κ2) is 5.84. The van der Waals surface area contributed by atoms with Crippen molar-refractivity contribution < 1.29 is 0 Å². The van der Waals surface area contributed by atoms with Gasteiger partial charge in [0.1, 0.15) is 0 Å². The highest BCUT2D eigenvalue weighted by Crippen LogP contribution is 2.25. The van der Waals surface area contributed by atoms with Crippen molar-refractivity contribution in [1.82, 2.24) is 9.55 Å². The molecule has 22 heavy (non-hydrogen) atoms. The minimum Gasteiger partial charge on any atom is -0.371 e. The maximum absolute atomic E-state index is 4.51. The van der Waals surface area contributed by atoms with Crippen LogP contribution < -0.4 is 4.90 Å². The Morgan fingerprint density at radius 3 is 2.55 bits per heavy atom. The molecule has 0 spiro atoms. The molecule has 0 N–H and O–H groups in total. The van der Waals surface area contributed by atoms with Crippen molar-refractivity contribution in [3.63, 3.8) is 0 Å². The van der Waals surface area contributed by atoms with Crippen molar-refractivity contribution in [2.45, 2.75) is 25.8 Å². The first kappa shape index (κ1) is 13.4. The van der Waals surface area contributed by atoms with Crippen LogP contribution in [0.3, 0.4) is 0 Å². The van der Waals surface area contributed by atoms with Gasteiger partial charge in [0.05, 0.1) is 23.9 Å². The highest BCUT2D eigenvalue weighted by Gasteiger charge is 2.14. The van der Waals surface area contributed by atoms with E-state index in [4.69, 9.17) is 0 Å². The lowest BCUT2D eigenvalue weighted by Gasteiger charge is -2.30. The van der Waals surface area contributed by atoms with Gasteiger partial charge >= 0.3 is 0 Å². The number of rotatable bonds is 3. The molecule has 0 amide bonds. The van der Waals surface area contributed by atoms with Gasteiger partial charge in [0, 0.05) is 18.8 Å². The number of aromatic nitrogens is 2. The molecule has 1 aliphatic heterocycles. The van der Waals surface area contributed by atoms with Crippen LogP contribution in [0.4, 0.5) is 5.69 Å². The second-order valence-electron chi connectivity index (χ2n) is 6.04. The summed E-state index contributed by atoms with van der Waals surface area (Å²) in [6.45, 7) is 3.25. The number of hydrogen-bond acceptors (Lipinski definition) is 2. The minimum atomic E-state index is 0.882. The van der Waals surface area contributed by atoms with Crippen LogP contribution in [-0.4, -0.2) is 22.6 Å². The van der Waals surface area contributed by atoms with Gasteiger partial charge in [0.25, 0.3) is 0 Å². The number of nitrogens with zero attached hydrogens (tertiary/aromatic N) is 3. The Hall–Kier alpha value is -2.29. The molecular formula is C19H21N3. The molecule has 2 aromatic carbocycles. The largest absolute Gasteiger partial charge is 0.371 e. The Morgan fingerprint density at radius 2 is 1.64 bits per heavy atom. The number of hydrogen-bond donors (Lipinski definition) is 0. The van der Waals surface area contributed by atoms with Gasteiger partial charge in [-0.15, -0.1) is 0 Å². The summed E-state index contributed by atoms with van der Waals surface area (Å²) in [5, 5.41) is 0. The van der Waals surface area contributed by atoms with E-state index in [2.05, 4.69) is 56.9 Å².